The SMILES string of the molecule is CCCC(O)c1noc(-c2ccc(OC)c(Br)c2)n1. The molecule has 102 valence electrons. The first kappa shape index (κ1) is 14.0. The molecule has 0 aliphatic heterocycles. The monoisotopic (exact) mass is 326 g/mol. The van der Waals surface area contributed by atoms with Crippen molar-refractivity contribution in [2.24, 2.45) is 0 Å². The molecule has 0 saturated heterocycles. The summed E-state index contributed by atoms with van der Waals surface area (Å²) in [6.45, 7) is 1.99. The molecule has 0 aliphatic carbocycles. The maximum absolute atomic E-state index is 9.80. The third kappa shape index (κ3) is 3.13. The summed E-state index contributed by atoms with van der Waals surface area (Å²) in [5, 5.41) is 13.6. The summed E-state index contributed by atoms with van der Waals surface area (Å²) < 4.78 is 11.1. The molecular formula is C13H15BrN2O3. The Kier molecular flexibility index (Phi) is 4.55. The minimum atomic E-state index is -0.677. The van der Waals surface area contributed by atoms with Crippen molar-refractivity contribution in [1.29, 1.82) is 0 Å². The van der Waals surface area contributed by atoms with E-state index in [0.717, 1.165) is 22.2 Å². The molecule has 1 heterocycles. The van der Waals surface area contributed by atoms with Crippen LogP contribution in [0.3, 0.4) is 0 Å². The third-order valence-electron chi connectivity index (χ3n) is 2.70. The van der Waals surface area contributed by atoms with Crippen LogP contribution in [-0.2, 0) is 0 Å². The van der Waals surface area contributed by atoms with Gasteiger partial charge in [0.25, 0.3) is 5.89 Å². The summed E-state index contributed by atoms with van der Waals surface area (Å²) in [5.74, 6) is 1.44. The van der Waals surface area contributed by atoms with Crippen LogP contribution in [0.5, 0.6) is 5.75 Å². The van der Waals surface area contributed by atoms with Crippen LogP contribution in [0, 0.1) is 0 Å². The van der Waals surface area contributed by atoms with Crippen LogP contribution in [0.1, 0.15) is 31.7 Å². The van der Waals surface area contributed by atoms with Crippen molar-refractivity contribution in [2.45, 2.75) is 25.9 Å². The standard InChI is InChI=1S/C13H15BrN2O3/c1-3-4-10(17)12-15-13(19-16-12)8-5-6-11(18-2)9(14)7-8/h5-7,10,17H,3-4H2,1-2H3. The smallest absolute Gasteiger partial charge is 0.258 e. The molecule has 2 rings (SSSR count). The zero-order valence-corrected chi connectivity index (χ0v) is 12.3. The second-order valence-electron chi connectivity index (χ2n) is 4.11. The van der Waals surface area contributed by atoms with Gasteiger partial charge >= 0.3 is 0 Å². The van der Waals surface area contributed by atoms with Crippen molar-refractivity contribution in [1.82, 2.24) is 10.1 Å². The predicted octanol–water partition coefficient (Wildman–Crippen LogP) is 3.34. The molecule has 5 nitrogen and oxygen atoms in total. The van der Waals surface area contributed by atoms with E-state index in [1.165, 1.54) is 0 Å². The molecule has 1 aromatic heterocycles. The van der Waals surface area contributed by atoms with Gasteiger partial charge in [-0.15, -0.1) is 0 Å². The number of nitrogens with zero attached hydrogens (tertiary/aromatic N) is 2. The lowest BCUT2D eigenvalue weighted by Crippen LogP contribution is -1.98. The lowest BCUT2D eigenvalue weighted by atomic mass is 10.2. The fourth-order valence-electron chi connectivity index (χ4n) is 1.69. The number of rotatable bonds is 5. The second-order valence-corrected chi connectivity index (χ2v) is 4.97. The van der Waals surface area contributed by atoms with Crippen molar-refractivity contribution in [3.63, 3.8) is 0 Å². The lowest BCUT2D eigenvalue weighted by molar-refractivity contribution is 0.153. The molecule has 0 aliphatic rings. The Labute approximate surface area is 119 Å². The summed E-state index contributed by atoms with van der Waals surface area (Å²) in [6.07, 6.45) is 0.800. The quantitative estimate of drug-likeness (QED) is 0.912. The number of hydrogen-bond donors (Lipinski definition) is 1. The summed E-state index contributed by atoms with van der Waals surface area (Å²) >= 11 is 3.40. The predicted molar refractivity (Wildman–Crippen MR) is 73.9 cm³/mol. The number of aliphatic hydroxyl groups excluding tert-OH is 1. The molecule has 1 aromatic carbocycles. The first-order valence-electron chi connectivity index (χ1n) is 6.01. The van der Waals surface area contributed by atoms with Crippen molar-refractivity contribution in [3.05, 3.63) is 28.5 Å². The Morgan fingerprint density at radius 1 is 1.47 bits per heavy atom. The molecule has 1 N–H and O–H groups in total. The van der Waals surface area contributed by atoms with Gasteiger partial charge < -0.3 is 14.4 Å². The van der Waals surface area contributed by atoms with E-state index in [0.29, 0.717) is 18.1 Å². The molecule has 6 heteroatoms. The highest BCUT2D eigenvalue weighted by Gasteiger charge is 2.16. The van der Waals surface area contributed by atoms with Gasteiger partial charge in [0.1, 0.15) is 11.9 Å². The summed E-state index contributed by atoms with van der Waals surface area (Å²) in [4.78, 5) is 4.21. The summed E-state index contributed by atoms with van der Waals surface area (Å²) in [5.41, 5.74) is 0.773. The van der Waals surface area contributed by atoms with Gasteiger partial charge in [0, 0.05) is 5.56 Å². The Bertz CT molecular complexity index is 557. The van der Waals surface area contributed by atoms with Crippen molar-refractivity contribution in [2.75, 3.05) is 7.11 Å². The van der Waals surface area contributed by atoms with Gasteiger partial charge in [0.15, 0.2) is 0 Å². The fraction of sp³-hybridized carbons (Fsp3) is 0.385. The molecule has 0 bridgehead atoms. The minimum absolute atomic E-state index is 0.323. The van der Waals surface area contributed by atoms with E-state index in [-0.39, 0.29) is 0 Å². The van der Waals surface area contributed by atoms with E-state index in [9.17, 15) is 5.11 Å². The van der Waals surface area contributed by atoms with Crippen LogP contribution in [0.2, 0.25) is 0 Å². The zero-order chi connectivity index (χ0) is 13.8. The van der Waals surface area contributed by atoms with E-state index in [2.05, 4.69) is 26.1 Å². The van der Waals surface area contributed by atoms with Crippen LogP contribution in [-0.4, -0.2) is 22.4 Å². The molecule has 0 saturated carbocycles. The minimum Gasteiger partial charge on any atom is -0.496 e. The van der Waals surface area contributed by atoms with Gasteiger partial charge in [0.2, 0.25) is 5.82 Å². The molecule has 0 amide bonds. The first-order valence-corrected chi connectivity index (χ1v) is 6.80. The normalized spacial score (nSPS) is 12.4. The molecule has 19 heavy (non-hydrogen) atoms. The number of aromatic nitrogens is 2. The van der Waals surface area contributed by atoms with Crippen molar-refractivity contribution in [3.8, 4) is 17.2 Å². The topological polar surface area (TPSA) is 68.4 Å². The number of methoxy groups -OCH3 is 1. The number of halogens is 1. The van der Waals surface area contributed by atoms with Gasteiger partial charge in [-0.05, 0) is 40.5 Å². The molecule has 0 radical (unpaired) electrons. The van der Waals surface area contributed by atoms with Gasteiger partial charge in [0.05, 0.1) is 11.6 Å². The van der Waals surface area contributed by atoms with Crippen LogP contribution < -0.4 is 4.74 Å². The Hall–Kier alpha value is -1.40. The highest BCUT2D eigenvalue weighted by Crippen LogP contribution is 2.30. The molecule has 1 unspecified atom stereocenters. The molecule has 2 aromatic rings. The first-order chi connectivity index (χ1) is 9.15. The van der Waals surface area contributed by atoms with Crippen molar-refractivity contribution >= 4 is 15.9 Å². The lowest BCUT2D eigenvalue weighted by Gasteiger charge is -2.03. The van der Waals surface area contributed by atoms with Crippen molar-refractivity contribution < 1.29 is 14.4 Å². The van der Waals surface area contributed by atoms with Crippen LogP contribution >= 0.6 is 15.9 Å². The maximum Gasteiger partial charge on any atom is 0.258 e. The summed E-state index contributed by atoms with van der Waals surface area (Å²) in [7, 11) is 1.60. The highest BCUT2D eigenvalue weighted by molar-refractivity contribution is 9.10. The average Bonchev–Trinajstić information content (AvgIpc) is 2.88. The van der Waals surface area contributed by atoms with E-state index in [1.807, 2.05) is 25.1 Å². The van der Waals surface area contributed by atoms with Crippen LogP contribution in [0.15, 0.2) is 27.2 Å². The summed E-state index contributed by atoms with van der Waals surface area (Å²) in [6, 6.07) is 5.47. The molecule has 0 fully saturated rings. The van der Waals surface area contributed by atoms with E-state index < -0.39 is 6.10 Å². The van der Waals surface area contributed by atoms with E-state index in [4.69, 9.17) is 9.26 Å². The highest BCUT2D eigenvalue weighted by atomic mass is 79.9. The van der Waals surface area contributed by atoms with E-state index >= 15 is 0 Å². The van der Waals surface area contributed by atoms with Gasteiger partial charge in [-0.3, -0.25) is 0 Å². The van der Waals surface area contributed by atoms with E-state index in [1.54, 1.807) is 7.11 Å². The Morgan fingerprint density at radius 2 is 2.26 bits per heavy atom. The Balaban J connectivity index is 2.25. The van der Waals surface area contributed by atoms with Gasteiger partial charge in [-0.25, -0.2) is 0 Å². The molecular weight excluding hydrogens is 312 g/mol. The average molecular weight is 327 g/mol. The molecule has 1 atom stereocenters. The van der Waals surface area contributed by atoms with Gasteiger partial charge in [-0.2, -0.15) is 4.98 Å². The van der Waals surface area contributed by atoms with Crippen LogP contribution in [0.4, 0.5) is 0 Å². The van der Waals surface area contributed by atoms with Crippen LogP contribution in [0.25, 0.3) is 11.5 Å². The fourth-order valence-corrected chi connectivity index (χ4v) is 2.23. The number of hydrogen-bond acceptors (Lipinski definition) is 5. The number of aliphatic hydroxyl groups is 1. The number of benzene rings is 1. The molecule has 0 spiro atoms. The van der Waals surface area contributed by atoms with Gasteiger partial charge in [-0.1, -0.05) is 18.5 Å². The maximum atomic E-state index is 9.80. The number of ether oxygens (including phenoxy) is 1. The largest absolute Gasteiger partial charge is 0.496 e. The Morgan fingerprint density at radius 3 is 2.89 bits per heavy atom. The second kappa shape index (κ2) is 6.16. The zero-order valence-electron chi connectivity index (χ0n) is 10.8. The third-order valence-corrected chi connectivity index (χ3v) is 3.32.